The Morgan fingerprint density at radius 3 is 2.88 bits per heavy atom. The molecule has 24 heavy (non-hydrogen) atoms. The van der Waals surface area contributed by atoms with Gasteiger partial charge in [0.1, 0.15) is 10.9 Å². The van der Waals surface area contributed by atoms with Gasteiger partial charge in [-0.25, -0.2) is 0 Å². The predicted octanol–water partition coefficient (Wildman–Crippen LogP) is 0.485. The molecule has 1 amide bonds. The fraction of sp³-hybridized carbons (Fsp3) is 0.467. The first kappa shape index (κ1) is 18.7. The highest BCUT2D eigenvalue weighted by Gasteiger charge is 2.39. The molecule has 3 N–H and O–H groups in total. The molecule has 0 aliphatic carbocycles. The first-order valence-electron chi connectivity index (χ1n) is 7.65. The molecule has 2 aliphatic rings. The Hall–Kier alpha value is -1.64. The molecule has 3 rings (SSSR count). The van der Waals surface area contributed by atoms with Crippen LogP contribution < -0.4 is 11.1 Å². The van der Waals surface area contributed by atoms with Crippen molar-refractivity contribution in [1.29, 1.82) is 0 Å². The van der Waals surface area contributed by atoms with Crippen LogP contribution in [0, 0.1) is 0 Å². The van der Waals surface area contributed by atoms with E-state index in [1.807, 2.05) is 6.92 Å². The molecule has 1 aromatic carbocycles. The summed E-state index contributed by atoms with van der Waals surface area (Å²) < 4.78 is 28.3. The molecule has 1 aromatic rings. The first-order chi connectivity index (χ1) is 10.9. The number of nitrogens with zero attached hydrogens (tertiary/aromatic N) is 2. The number of amidine groups is 1. The van der Waals surface area contributed by atoms with Crippen LogP contribution in [0.4, 0.5) is 0 Å². The van der Waals surface area contributed by atoms with Crippen LogP contribution in [0.15, 0.2) is 33.6 Å². The molecule has 132 valence electrons. The number of sulfonamides is 1. The first-order valence-corrected chi connectivity index (χ1v) is 9.09. The van der Waals surface area contributed by atoms with Crippen LogP contribution in [-0.2, 0) is 14.8 Å². The minimum absolute atomic E-state index is 0. The van der Waals surface area contributed by atoms with Gasteiger partial charge in [-0.1, -0.05) is 12.1 Å². The van der Waals surface area contributed by atoms with Crippen LogP contribution in [0.3, 0.4) is 0 Å². The van der Waals surface area contributed by atoms with Crippen molar-refractivity contribution in [2.45, 2.75) is 36.7 Å². The Morgan fingerprint density at radius 1 is 1.46 bits per heavy atom. The van der Waals surface area contributed by atoms with Gasteiger partial charge >= 0.3 is 0 Å². The zero-order valence-corrected chi connectivity index (χ0v) is 14.9. The minimum atomic E-state index is -3.67. The molecule has 1 unspecified atom stereocenters. The van der Waals surface area contributed by atoms with Gasteiger partial charge in [0.05, 0.1) is 0 Å². The average molecular weight is 373 g/mol. The lowest BCUT2D eigenvalue weighted by Gasteiger charge is -2.26. The van der Waals surface area contributed by atoms with Crippen molar-refractivity contribution >= 4 is 34.2 Å². The molecule has 2 aliphatic heterocycles. The molecule has 0 bridgehead atoms. The van der Waals surface area contributed by atoms with Crippen molar-refractivity contribution in [2.24, 2.45) is 10.1 Å². The van der Waals surface area contributed by atoms with Crippen LogP contribution in [0.5, 0.6) is 0 Å². The third kappa shape index (κ3) is 3.26. The van der Waals surface area contributed by atoms with Crippen LogP contribution in [0.1, 0.15) is 25.3 Å². The molecular formula is C15H21ClN4O3S. The number of nitrogens with one attached hydrogen (secondary N) is 1. The number of halogens is 1. The van der Waals surface area contributed by atoms with E-state index >= 15 is 0 Å². The molecule has 1 fully saturated rings. The summed E-state index contributed by atoms with van der Waals surface area (Å²) in [6.07, 6.45) is 1.49. The molecule has 0 aromatic heterocycles. The lowest BCUT2D eigenvalue weighted by atomic mass is 10.1. The smallest absolute Gasteiger partial charge is 0.285 e. The second kappa shape index (κ2) is 7.08. The monoisotopic (exact) mass is 372 g/mol. The predicted molar refractivity (Wildman–Crippen MR) is 93.8 cm³/mol. The SMILES string of the molecule is C[C@@H](CN)NC(=O)C1CCCN1C1=NS(=O)(=O)c2ccccc21.Cl. The third-order valence-electron chi connectivity index (χ3n) is 4.18. The zero-order chi connectivity index (χ0) is 16.6. The fourth-order valence-electron chi connectivity index (χ4n) is 2.99. The van der Waals surface area contributed by atoms with E-state index < -0.39 is 16.1 Å². The van der Waals surface area contributed by atoms with Gasteiger partial charge in [0, 0.05) is 24.7 Å². The summed E-state index contributed by atoms with van der Waals surface area (Å²) in [5, 5.41) is 2.86. The Morgan fingerprint density at radius 2 is 2.17 bits per heavy atom. The largest absolute Gasteiger partial charge is 0.351 e. The van der Waals surface area contributed by atoms with Crippen LogP contribution in [0.2, 0.25) is 0 Å². The van der Waals surface area contributed by atoms with Crippen molar-refractivity contribution < 1.29 is 13.2 Å². The van der Waals surface area contributed by atoms with E-state index in [1.54, 1.807) is 29.2 Å². The van der Waals surface area contributed by atoms with Gasteiger partial charge in [-0.3, -0.25) is 4.79 Å². The number of amides is 1. The van der Waals surface area contributed by atoms with Crippen LogP contribution in [0.25, 0.3) is 0 Å². The molecule has 0 saturated carbocycles. The van der Waals surface area contributed by atoms with Gasteiger partial charge in [0.2, 0.25) is 5.91 Å². The quantitative estimate of drug-likeness (QED) is 0.803. The number of rotatable bonds is 3. The number of carbonyl (C=O) groups is 1. The maximum atomic E-state index is 12.4. The maximum Gasteiger partial charge on any atom is 0.285 e. The molecule has 0 spiro atoms. The van der Waals surface area contributed by atoms with E-state index in [1.165, 1.54) is 0 Å². The number of carbonyl (C=O) groups excluding carboxylic acids is 1. The zero-order valence-electron chi connectivity index (χ0n) is 13.3. The molecule has 7 nitrogen and oxygen atoms in total. The number of benzene rings is 1. The highest BCUT2D eigenvalue weighted by Crippen LogP contribution is 2.31. The van der Waals surface area contributed by atoms with E-state index in [-0.39, 0.29) is 29.3 Å². The Labute approximate surface area is 147 Å². The van der Waals surface area contributed by atoms with Gasteiger partial charge < -0.3 is 16.0 Å². The number of hydrogen-bond acceptors (Lipinski definition) is 5. The highest BCUT2D eigenvalue weighted by molar-refractivity contribution is 7.90. The van der Waals surface area contributed by atoms with Gasteiger partial charge in [-0.05, 0) is 31.9 Å². The molecular weight excluding hydrogens is 352 g/mol. The van der Waals surface area contributed by atoms with E-state index in [0.29, 0.717) is 30.9 Å². The van der Waals surface area contributed by atoms with Gasteiger partial charge in [0.25, 0.3) is 10.0 Å². The number of fused-ring (bicyclic) bond motifs is 1. The number of hydrogen-bond donors (Lipinski definition) is 2. The summed E-state index contributed by atoms with van der Waals surface area (Å²) in [4.78, 5) is 14.4. The van der Waals surface area contributed by atoms with Gasteiger partial charge in [-0.2, -0.15) is 8.42 Å². The van der Waals surface area contributed by atoms with Gasteiger partial charge in [-0.15, -0.1) is 16.8 Å². The fourth-order valence-corrected chi connectivity index (χ4v) is 4.20. The van der Waals surface area contributed by atoms with Crippen molar-refractivity contribution in [3.05, 3.63) is 29.8 Å². The lowest BCUT2D eigenvalue weighted by Crippen LogP contribution is -2.49. The van der Waals surface area contributed by atoms with Crippen LogP contribution >= 0.6 is 12.4 Å². The normalized spacial score (nSPS) is 22.3. The van der Waals surface area contributed by atoms with Crippen molar-refractivity contribution in [2.75, 3.05) is 13.1 Å². The second-order valence-electron chi connectivity index (χ2n) is 5.88. The number of nitrogens with two attached hydrogens (primary N) is 1. The summed E-state index contributed by atoms with van der Waals surface area (Å²) in [5.41, 5.74) is 6.11. The van der Waals surface area contributed by atoms with Crippen molar-refractivity contribution in [1.82, 2.24) is 10.2 Å². The second-order valence-corrected chi connectivity index (χ2v) is 7.46. The van der Waals surface area contributed by atoms with E-state index in [0.717, 1.165) is 6.42 Å². The third-order valence-corrected chi connectivity index (χ3v) is 5.51. The Bertz CT molecular complexity index is 766. The highest BCUT2D eigenvalue weighted by atomic mass is 35.5. The molecule has 9 heteroatoms. The molecule has 2 heterocycles. The van der Waals surface area contributed by atoms with E-state index in [2.05, 4.69) is 9.71 Å². The van der Waals surface area contributed by atoms with Crippen LogP contribution in [-0.4, -0.2) is 50.2 Å². The topological polar surface area (TPSA) is 105 Å². The van der Waals surface area contributed by atoms with Crippen molar-refractivity contribution in [3.63, 3.8) is 0 Å². The minimum Gasteiger partial charge on any atom is -0.351 e. The summed E-state index contributed by atoms with van der Waals surface area (Å²) in [6.45, 7) is 2.80. The summed E-state index contributed by atoms with van der Waals surface area (Å²) in [6, 6.07) is 6.19. The standard InChI is InChI=1S/C15H20N4O3S.ClH/c1-10(9-16)17-15(20)12-6-4-8-19(12)14-11-5-2-3-7-13(11)23(21,22)18-14;/h2-3,5,7,10,12H,4,6,8-9,16H2,1H3,(H,17,20);1H/t10-,12?;/m0./s1. The van der Waals surface area contributed by atoms with Gasteiger partial charge in [0.15, 0.2) is 5.84 Å². The summed E-state index contributed by atoms with van der Waals surface area (Å²) >= 11 is 0. The van der Waals surface area contributed by atoms with Crippen molar-refractivity contribution in [3.8, 4) is 0 Å². The average Bonchev–Trinajstić information content (AvgIpc) is 3.10. The summed E-state index contributed by atoms with van der Waals surface area (Å²) in [7, 11) is -3.67. The number of likely N-dealkylation sites (tertiary alicyclic amines) is 1. The van der Waals surface area contributed by atoms with E-state index in [4.69, 9.17) is 5.73 Å². The lowest BCUT2D eigenvalue weighted by molar-refractivity contribution is -0.124. The Balaban J connectivity index is 0.00000208. The molecule has 0 radical (unpaired) electrons. The van der Waals surface area contributed by atoms with E-state index in [9.17, 15) is 13.2 Å². The maximum absolute atomic E-state index is 12.4. The molecule has 2 atom stereocenters. The Kier molecular flexibility index (Phi) is 5.52. The summed E-state index contributed by atoms with van der Waals surface area (Å²) in [5.74, 6) is 0.239. The molecule has 1 saturated heterocycles.